The normalized spacial score (nSPS) is 16.9. The Morgan fingerprint density at radius 3 is 2.63 bits per heavy atom. The first-order valence-electron chi connectivity index (χ1n) is 9.11. The van der Waals surface area contributed by atoms with Crippen LogP contribution in [0.3, 0.4) is 0 Å². The van der Waals surface area contributed by atoms with Crippen molar-refractivity contribution >= 4 is 17.5 Å². The number of morpholine rings is 1. The molecule has 1 aliphatic rings. The molecule has 2 aromatic rings. The largest absolute Gasteiger partial charge is 0.484 e. The van der Waals surface area contributed by atoms with Crippen LogP contribution in [0.15, 0.2) is 54.6 Å². The van der Waals surface area contributed by atoms with Crippen LogP contribution in [0, 0.1) is 0 Å². The molecule has 0 aromatic heterocycles. The lowest BCUT2D eigenvalue weighted by molar-refractivity contribution is -0.130. The van der Waals surface area contributed by atoms with Crippen molar-refractivity contribution in [1.29, 1.82) is 0 Å². The van der Waals surface area contributed by atoms with Crippen molar-refractivity contribution in [2.45, 2.75) is 19.4 Å². The standard InChI is InChI=1S/C21H24N2O4/c1-2-16-8-10-17(11-9-16)23-13-19(27-15-21(23)25)12-22-20(24)14-26-18-6-4-3-5-7-18/h3-11,19H,2,12-15H2,1H3,(H,22,24). The molecule has 6 heteroatoms. The number of rotatable bonds is 7. The maximum Gasteiger partial charge on any atom is 0.258 e. The summed E-state index contributed by atoms with van der Waals surface area (Å²) in [6.45, 7) is 2.78. The van der Waals surface area contributed by atoms with Crippen LogP contribution in [0.1, 0.15) is 12.5 Å². The highest BCUT2D eigenvalue weighted by molar-refractivity contribution is 5.95. The van der Waals surface area contributed by atoms with E-state index in [1.807, 2.05) is 42.5 Å². The lowest BCUT2D eigenvalue weighted by Crippen LogP contribution is -2.51. The highest BCUT2D eigenvalue weighted by Gasteiger charge is 2.27. The van der Waals surface area contributed by atoms with Gasteiger partial charge in [-0.05, 0) is 36.2 Å². The summed E-state index contributed by atoms with van der Waals surface area (Å²) in [5.41, 5.74) is 2.07. The number of amides is 2. The first-order chi connectivity index (χ1) is 13.2. The molecular formula is C21H24N2O4. The number of anilines is 1. The van der Waals surface area contributed by atoms with Gasteiger partial charge < -0.3 is 19.7 Å². The molecule has 1 aliphatic heterocycles. The SMILES string of the molecule is CCc1ccc(N2CC(CNC(=O)COc3ccccc3)OCC2=O)cc1. The summed E-state index contributed by atoms with van der Waals surface area (Å²) in [5.74, 6) is 0.348. The van der Waals surface area contributed by atoms with Crippen molar-refractivity contribution in [3.05, 3.63) is 60.2 Å². The van der Waals surface area contributed by atoms with Gasteiger partial charge in [-0.15, -0.1) is 0 Å². The molecule has 27 heavy (non-hydrogen) atoms. The number of nitrogens with one attached hydrogen (secondary N) is 1. The molecule has 1 N–H and O–H groups in total. The second kappa shape index (κ2) is 9.19. The van der Waals surface area contributed by atoms with Crippen LogP contribution in [0.25, 0.3) is 0 Å². The van der Waals surface area contributed by atoms with Gasteiger partial charge in [-0.1, -0.05) is 37.3 Å². The van der Waals surface area contributed by atoms with Crippen molar-refractivity contribution in [2.24, 2.45) is 0 Å². The molecular weight excluding hydrogens is 344 g/mol. The average molecular weight is 368 g/mol. The van der Waals surface area contributed by atoms with Gasteiger partial charge >= 0.3 is 0 Å². The van der Waals surface area contributed by atoms with Gasteiger partial charge in [0.25, 0.3) is 11.8 Å². The fourth-order valence-electron chi connectivity index (χ4n) is 2.85. The quantitative estimate of drug-likeness (QED) is 0.813. The Kier molecular flexibility index (Phi) is 6.44. The highest BCUT2D eigenvalue weighted by Crippen LogP contribution is 2.19. The van der Waals surface area contributed by atoms with Crippen LogP contribution in [-0.4, -0.2) is 44.2 Å². The zero-order valence-corrected chi connectivity index (χ0v) is 15.4. The molecule has 2 amide bonds. The van der Waals surface area contributed by atoms with E-state index in [0.29, 0.717) is 18.8 Å². The van der Waals surface area contributed by atoms with E-state index in [9.17, 15) is 9.59 Å². The number of aryl methyl sites for hydroxylation is 1. The molecule has 1 saturated heterocycles. The molecule has 3 rings (SSSR count). The molecule has 0 saturated carbocycles. The van der Waals surface area contributed by atoms with Gasteiger partial charge in [-0.3, -0.25) is 9.59 Å². The minimum Gasteiger partial charge on any atom is -0.484 e. The van der Waals surface area contributed by atoms with Crippen LogP contribution in [-0.2, 0) is 20.7 Å². The summed E-state index contributed by atoms with van der Waals surface area (Å²) in [4.78, 5) is 25.9. The smallest absolute Gasteiger partial charge is 0.258 e. The number of hydrogen-bond donors (Lipinski definition) is 1. The second-order valence-electron chi connectivity index (χ2n) is 6.36. The summed E-state index contributed by atoms with van der Waals surface area (Å²) in [6, 6.07) is 17.1. The first-order valence-corrected chi connectivity index (χ1v) is 9.11. The van der Waals surface area contributed by atoms with E-state index >= 15 is 0 Å². The topological polar surface area (TPSA) is 67.9 Å². The van der Waals surface area contributed by atoms with E-state index in [-0.39, 0.29) is 31.1 Å². The molecule has 0 spiro atoms. The van der Waals surface area contributed by atoms with Gasteiger partial charge in [0.1, 0.15) is 12.4 Å². The highest BCUT2D eigenvalue weighted by atomic mass is 16.5. The van der Waals surface area contributed by atoms with Gasteiger partial charge in [0.2, 0.25) is 0 Å². The number of ether oxygens (including phenoxy) is 2. The first kappa shape index (κ1) is 18.9. The van der Waals surface area contributed by atoms with E-state index < -0.39 is 0 Å². The van der Waals surface area contributed by atoms with E-state index in [4.69, 9.17) is 9.47 Å². The fourth-order valence-corrected chi connectivity index (χ4v) is 2.85. The third-order valence-corrected chi connectivity index (χ3v) is 4.43. The summed E-state index contributed by atoms with van der Waals surface area (Å²) < 4.78 is 11.0. The number of para-hydroxylation sites is 1. The van der Waals surface area contributed by atoms with Gasteiger partial charge in [0, 0.05) is 12.2 Å². The molecule has 1 atom stereocenters. The lowest BCUT2D eigenvalue weighted by Gasteiger charge is -2.33. The molecule has 0 bridgehead atoms. The summed E-state index contributed by atoms with van der Waals surface area (Å²) in [5, 5.41) is 2.80. The number of hydrogen-bond acceptors (Lipinski definition) is 4. The Bertz CT molecular complexity index is 762. The fraction of sp³-hybridized carbons (Fsp3) is 0.333. The van der Waals surface area contributed by atoms with Gasteiger partial charge in [-0.25, -0.2) is 0 Å². The number of benzene rings is 2. The van der Waals surface area contributed by atoms with Crippen LogP contribution in [0.5, 0.6) is 5.75 Å². The average Bonchev–Trinajstić information content (AvgIpc) is 2.72. The van der Waals surface area contributed by atoms with Crippen LogP contribution < -0.4 is 15.0 Å². The van der Waals surface area contributed by atoms with Crippen molar-refractivity contribution in [3.8, 4) is 5.75 Å². The van der Waals surface area contributed by atoms with Gasteiger partial charge in [0.05, 0.1) is 12.6 Å². The van der Waals surface area contributed by atoms with E-state index in [1.165, 1.54) is 5.56 Å². The van der Waals surface area contributed by atoms with Crippen LogP contribution in [0.2, 0.25) is 0 Å². The summed E-state index contributed by atoms with van der Waals surface area (Å²) in [6.07, 6.45) is 0.700. The lowest BCUT2D eigenvalue weighted by atomic mass is 10.1. The molecule has 1 fully saturated rings. The number of nitrogens with zero attached hydrogens (tertiary/aromatic N) is 1. The Morgan fingerprint density at radius 1 is 1.19 bits per heavy atom. The molecule has 142 valence electrons. The molecule has 0 aliphatic carbocycles. The zero-order valence-electron chi connectivity index (χ0n) is 15.4. The second-order valence-corrected chi connectivity index (χ2v) is 6.36. The minimum atomic E-state index is -0.255. The zero-order chi connectivity index (χ0) is 19.1. The Labute approximate surface area is 159 Å². The van der Waals surface area contributed by atoms with Crippen molar-refractivity contribution in [1.82, 2.24) is 5.32 Å². The summed E-state index contributed by atoms with van der Waals surface area (Å²) in [7, 11) is 0. The third kappa shape index (κ3) is 5.31. The summed E-state index contributed by atoms with van der Waals surface area (Å²) >= 11 is 0. The Hall–Kier alpha value is -2.86. The van der Waals surface area contributed by atoms with Crippen molar-refractivity contribution < 1.29 is 19.1 Å². The number of carbonyl (C=O) groups is 2. The van der Waals surface area contributed by atoms with Crippen molar-refractivity contribution in [3.63, 3.8) is 0 Å². The molecule has 0 radical (unpaired) electrons. The van der Waals surface area contributed by atoms with E-state index in [1.54, 1.807) is 17.0 Å². The maximum absolute atomic E-state index is 12.2. The van der Waals surface area contributed by atoms with Crippen LogP contribution in [0.4, 0.5) is 5.69 Å². The predicted molar refractivity (Wildman–Crippen MR) is 103 cm³/mol. The number of carbonyl (C=O) groups excluding carboxylic acids is 2. The molecule has 6 nitrogen and oxygen atoms in total. The van der Waals surface area contributed by atoms with Crippen molar-refractivity contribution in [2.75, 3.05) is 31.2 Å². The third-order valence-electron chi connectivity index (χ3n) is 4.43. The van der Waals surface area contributed by atoms with Crippen LogP contribution >= 0.6 is 0 Å². The van der Waals surface area contributed by atoms with E-state index in [0.717, 1.165) is 12.1 Å². The van der Waals surface area contributed by atoms with Gasteiger partial charge in [0.15, 0.2) is 6.61 Å². The molecule has 1 unspecified atom stereocenters. The molecule has 1 heterocycles. The maximum atomic E-state index is 12.2. The minimum absolute atomic E-state index is 0.0105. The Morgan fingerprint density at radius 2 is 1.93 bits per heavy atom. The van der Waals surface area contributed by atoms with E-state index in [2.05, 4.69) is 12.2 Å². The molecule has 2 aromatic carbocycles. The van der Waals surface area contributed by atoms with Gasteiger partial charge in [-0.2, -0.15) is 0 Å². The predicted octanol–water partition coefficient (Wildman–Crippen LogP) is 2.18. The Balaban J connectivity index is 1.48. The monoisotopic (exact) mass is 368 g/mol.